The van der Waals surface area contributed by atoms with Crippen LogP contribution in [0.4, 0.5) is 0 Å². The minimum atomic E-state index is -6.00. The summed E-state index contributed by atoms with van der Waals surface area (Å²) in [4.78, 5) is 0. The molecule has 19 heteroatoms. The van der Waals surface area contributed by atoms with E-state index in [1.165, 1.54) is 0 Å². The van der Waals surface area contributed by atoms with Crippen molar-refractivity contribution in [3.05, 3.63) is 0 Å². The molecular formula is In4O12Ti3. The van der Waals surface area contributed by atoms with E-state index in [4.69, 9.17) is 44.3 Å². The molecule has 0 radical (unpaired) electrons. The molecule has 0 aromatic rings. The molecule has 0 amide bonds. The van der Waals surface area contributed by atoms with Crippen LogP contribution in [0, 0.1) is 0 Å². The predicted octanol–water partition coefficient (Wildman–Crippen LogP) is -15.8. The second-order valence-corrected chi connectivity index (χ2v) is 6.18. The first-order chi connectivity index (χ1) is 6.00. The van der Waals surface area contributed by atoms with Gasteiger partial charge in [-0.2, -0.15) is 0 Å². The molecule has 0 aliphatic carbocycles. The van der Waals surface area contributed by atoms with Crippen LogP contribution in [0.5, 0.6) is 0 Å². The van der Waals surface area contributed by atoms with Crippen molar-refractivity contribution in [2.24, 2.45) is 0 Å². The van der Waals surface area contributed by atoms with Crippen LogP contribution in [0.25, 0.3) is 0 Å². The third-order valence-electron chi connectivity index (χ3n) is 0. The van der Waals surface area contributed by atoms with Gasteiger partial charge in [0.05, 0.1) is 0 Å². The molecule has 0 spiro atoms. The quantitative estimate of drug-likeness (QED) is 0.207. The van der Waals surface area contributed by atoms with Crippen LogP contribution in [0.1, 0.15) is 0 Å². The second-order valence-electron chi connectivity index (χ2n) is 1.50. The summed E-state index contributed by atoms with van der Waals surface area (Å²) in [5.41, 5.74) is 0. The van der Waals surface area contributed by atoms with Gasteiger partial charge in [0, 0.05) is 0 Å². The third-order valence-corrected chi connectivity index (χ3v) is 0. The van der Waals surface area contributed by atoms with Gasteiger partial charge in [-0.1, -0.05) is 0 Å². The zero-order valence-electron chi connectivity index (χ0n) is 8.71. The first kappa shape index (κ1) is 44.0. The van der Waals surface area contributed by atoms with Crippen molar-refractivity contribution < 1.29 is 98.7 Å². The van der Waals surface area contributed by atoms with E-state index in [-0.39, 0.29) is 103 Å². The maximum atomic E-state index is 8.62. The van der Waals surface area contributed by atoms with Crippen molar-refractivity contribution >= 4 is 103 Å². The summed E-state index contributed by atoms with van der Waals surface area (Å²) in [6.45, 7) is 0. The van der Waals surface area contributed by atoms with Crippen molar-refractivity contribution in [2.45, 2.75) is 0 Å². The molecule has 0 saturated carbocycles. The van der Waals surface area contributed by atoms with E-state index in [2.05, 4.69) is 0 Å². The summed E-state index contributed by atoms with van der Waals surface area (Å²) in [5.74, 6) is 0. The monoisotopic (exact) mass is 795 g/mol. The van der Waals surface area contributed by atoms with E-state index in [0.717, 1.165) is 0 Å². The minimum absolute atomic E-state index is 0. The first-order valence-corrected chi connectivity index (χ1v) is 10.1. The van der Waals surface area contributed by atoms with Crippen LogP contribution in [-0.2, 0) is 54.4 Å². The Kier molecular flexibility index (Phi) is 49.1. The normalized spacial score (nSPS) is 9.47. The fourth-order valence-electron chi connectivity index (χ4n) is 0. The molecular weight excluding hydrogens is 795 g/mol. The Balaban J connectivity index is -0.0000000206. The van der Waals surface area contributed by atoms with E-state index >= 15 is 0 Å². The van der Waals surface area contributed by atoms with Crippen molar-refractivity contribution in [2.75, 3.05) is 0 Å². The van der Waals surface area contributed by atoms with Gasteiger partial charge in [-0.25, -0.2) is 0 Å². The molecule has 0 bridgehead atoms. The van der Waals surface area contributed by atoms with Gasteiger partial charge in [0.25, 0.3) is 0 Å². The fourth-order valence-corrected chi connectivity index (χ4v) is 0. The molecule has 0 aromatic carbocycles. The van der Waals surface area contributed by atoms with Crippen molar-refractivity contribution in [1.82, 2.24) is 0 Å². The van der Waals surface area contributed by atoms with E-state index in [0.29, 0.717) is 0 Å². The molecule has 0 rings (SSSR count). The average Bonchev–Trinajstić information content (AvgIpc) is 1.41. The van der Waals surface area contributed by atoms with Gasteiger partial charge >= 0.3 is 202 Å². The zero-order valence-corrected chi connectivity index (χ0v) is 26.6. The number of hydrogen-bond donors (Lipinski definition) is 0. The molecule has 0 fully saturated rings. The number of rotatable bonds is 0. The molecule has 0 heterocycles. The van der Waals surface area contributed by atoms with Crippen LogP contribution < -0.4 is 44.3 Å². The molecule has 0 aromatic heterocycles. The maximum absolute atomic E-state index is 8.62. The Morgan fingerprint density at radius 2 is 0.263 bits per heavy atom. The van der Waals surface area contributed by atoms with Gasteiger partial charge in [0.1, 0.15) is 0 Å². The second kappa shape index (κ2) is 21.2. The van der Waals surface area contributed by atoms with Crippen LogP contribution in [0.2, 0.25) is 0 Å². The SMILES string of the molecule is [In+3].[In+3].[In+3].[In+3].[O-][Ti]([O-])([O-])[O-].[O-][Ti]([O-])([O-])[O-].[O-][Ti]([O-])([O-])[O-]. The zero-order chi connectivity index (χ0) is 13.5. The molecule has 19 heavy (non-hydrogen) atoms. The van der Waals surface area contributed by atoms with Gasteiger partial charge in [-0.05, 0) is 0 Å². The molecule has 0 atom stereocenters. The van der Waals surface area contributed by atoms with E-state index < -0.39 is 54.4 Å². The molecule has 0 N–H and O–H groups in total. The molecule has 0 aliphatic heterocycles. The molecule has 0 saturated heterocycles. The average molecular weight is 795 g/mol. The first-order valence-electron chi connectivity index (χ1n) is 2.45. The van der Waals surface area contributed by atoms with Crippen molar-refractivity contribution in [3.63, 3.8) is 0 Å². The van der Waals surface area contributed by atoms with Gasteiger partial charge in [-0.3, -0.25) is 0 Å². The Hall–Kier alpha value is 5.14. The Morgan fingerprint density at radius 3 is 0.263 bits per heavy atom. The summed E-state index contributed by atoms with van der Waals surface area (Å²) in [6, 6.07) is 0. The number of hydrogen-bond acceptors (Lipinski definition) is 12. The Labute approximate surface area is 198 Å². The summed E-state index contributed by atoms with van der Waals surface area (Å²) in [7, 11) is 0. The molecule has 0 unspecified atom stereocenters. The molecule has 0 aliphatic rings. The Bertz CT molecular complexity index is 100.0. The van der Waals surface area contributed by atoms with E-state index in [1.54, 1.807) is 0 Å². The topological polar surface area (TPSA) is 277 Å². The third kappa shape index (κ3) is 391. The van der Waals surface area contributed by atoms with Gasteiger partial charge in [0.2, 0.25) is 0 Å². The van der Waals surface area contributed by atoms with Crippen LogP contribution in [0.15, 0.2) is 0 Å². The predicted molar refractivity (Wildman–Crippen MR) is 23.0 cm³/mol. The van der Waals surface area contributed by atoms with E-state index in [9.17, 15) is 0 Å². The van der Waals surface area contributed by atoms with Gasteiger partial charge in [-0.15, -0.1) is 0 Å². The van der Waals surface area contributed by atoms with Crippen molar-refractivity contribution in [3.8, 4) is 0 Å². The molecule has 96 valence electrons. The van der Waals surface area contributed by atoms with Crippen molar-refractivity contribution in [1.29, 1.82) is 0 Å². The standard InChI is InChI=1S/4In.12O.3Ti/q4*+3;12*-1;;;. The summed E-state index contributed by atoms with van der Waals surface area (Å²) >= 11 is -18.0. The summed E-state index contributed by atoms with van der Waals surface area (Å²) in [5, 5.41) is 0. The van der Waals surface area contributed by atoms with Gasteiger partial charge < -0.3 is 0 Å². The fraction of sp³-hybridized carbons (Fsp3) is 0. The van der Waals surface area contributed by atoms with E-state index in [1.807, 2.05) is 0 Å². The van der Waals surface area contributed by atoms with Crippen LogP contribution in [0.3, 0.4) is 0 Å². The molecule has 12 nitrogen and oxygen atoms in total. The van der Waals surface area contributed by atoms with Crippen LogP contribution >= 0.6 is 0 Å². The van der Waals surface area contributed by atoms with Crippen LogP contribution in [-0.4, -0.2) is 103 Å². The Morgan fingerprint density at radius 1 is 0.263 bits per heavy atom. The van der Waals surface area contributed by atoms with Gasteiger partial charge in [0.15, 0.2) is 0 Å². The summed E-state index contributed by atoms with van der Waals surface area (Å²) < 4.78 is 104. The summed E-state index contributed by atoms with van der Waals surface area (Å²) in [6.07, 6.45) is 0.